The zero-order valence-electron chi connectivity index (χ0n) is 10.2. The van der Waals surface area contributed by atoms with Crippen LogP contribution < -0.4 is 10.2 Å². The molecule has 0 saturated carbocycles. The molecule has 0 aromatic carbocycles. The van der Waals surface area contributed by atoms with Gasteiger partial charge in [-0.25, -0.2) is 0 Å². The Bertz CT molecular complexity index is 427. The number of rotatable bonds is 5. The Labute approximate surface area is 105 Å². The first-order valence-electron chi connectivity index (χ1n) is 5.27. The van der Waals surface area contributed by atoms with Crippen molar-refractivity contribution >= 4 is 18.5 Å². The van der Waals surface area contributed by atoms with Crippen molar-refractivity contribution in [2.75, 3.05) is 27.3 Å². The van der Waals surface area contributed by atoms with E-state index in [1.165, 1.54) is 31.3 Å². The minimum Gasteiger partial charge on any atom is -0.497 e. The minimum atomic E-state index is -1.72. The standard InChI is InChI=1S/C10H15BN2O5/c1-13(3-4-14)10(15)8-5-9(18-2)7(6-12-8)11(16)17/h5-6,14,16-17H,3-4H2,1-2H3. The van der Waals surface area contributed by atoms with Crippen molar-refractivity contribution in [2.24, 2.45) is 0 Å². The van der Waals surface area contributed by atoms with Gasteiger partial charge in [-0.2, -0.15) is 0 Å². The third kappa shape index (κ3) is 3.19. The van der Waals surface area contributed by atoms with Gasteiger partial charge in [0.2, 0.25) is 0 Å². The van der Waals surface area contributed by atoms with Crippen LogP contribution in [0.5, 0.6) is 5.75 Å². The van der Waals surface area contributed by atoms with Crippen LogP contribution in [0.15, 0.2) is 12.3 Å². The highest BCUT2D eigenvalue weighted by molar-refractivity contribution is 6.59. The monoisotopic (exact) mass is 254 g/mol. The number of nitrogens with zero attached hydrogens (tertiary/aromatic N) is 2. The van der Waals surface area contributed by atoms with E-state index in [0.29, 0.717) is 0 Å². The molecule has 1 amide bonds. The molecular formula is C10H15BN2O5. The van der Waals surface area contributed by atoms with Gasteiger partial charge in [-0.15, -0.1) is 0 Å². The number of carbonyl (C=O) groups excluding carboxylic acids is 1. The normalized spacial score (nSPS) is 10.1. The maximum atomic E-state index is 11.9. The molecular weight excluding hydrogens is 239 g/mol. The molecule has 1 aromatic heterocycles. The van der Waals surface area contributed by atoms with E-state index in [0.717, 1.165) is 0 Å². The fourth-order valence-electron chi connectivity index (χ4n) is 1.38. The smallest absolute Gasteiger partial charge is 0.493 e. The Morgan fingerprint density at radius 1 is 1.56 bits per heavy atom. The maximum Gasteiger partial charge on any atom is 0.493 e. The molecule has 0 aliphatic heterocycles. The first-order chi connectivity index (χ1) is 8.51. The molecule has 0 atom stereocenters. The second-order valence-electron chi connectivity index (χ2n) is 3.64. The van der Waals surface area contributed by atoms with Crippen LogP contribution >= 0.6 is 0 Å². The largest absolute Gasteiger partial charge is 0.497 e. The number of amides is 1. The predicted octanol–water partition coefficient (Wildman–Crippen LogP) is -2.17. The fraction of sp³-hybridized carbons (Fsp3) is 0.400. The Morgan fingerprint density at radius 2 is 2.22 bits per heavy atom. The molecule has 0 saturated heterocycles. The van der Waals surface area contributed by atoms with Crippen molar-refractivity contribution in [3.8, 4) is 5.75 Å². The quantitative estimate of drug-likeness (QED) is 0.517. The van der Waals surface area contributed by atoms with E-state index in [-0.39, 0.29) is 36.0 Å². The van der Waals surface area contributed by atoms with Crippen LogP contribution in [0.2, 0.25) is 0 Å². The van der Waals surface area contributed by atoms with Crippen LogP contribution in [0.25, 0.3) is 0 Å². The van der Waals surface area contributed by atoms with Gasteiger partial charge in [0.25, 0.3) is 5.91 Å². The number of hydrogen-bond donors (Lipinski definition) is 3. The summed E-state index contributed by atoms with van der Waals surface area (Å²) in [4.78, 5) is 17.0. The summed E-state index contributed by atoms with van der Waals surface area (Å²) >= 11 is 0. The summed E-state index contributed by atoms with van der Waals surface area (Å²) in [6.45, 7) is 0.0417. The van der Waals surface area contributed by atoms with E-state index in [1.54, 1.807) is 0 Å². The van der Waals surface area contributed by atoms with Crippen LogP contribution in [0, 0.1) is 0 Å². The average Bonchev–Trinajstić information content (AvgIpc) is 2.37. The highest BCUT2D eigenvalue weighted by Gasteiger charge is 2.21. The fourth-order valence-corrected chi connectivity index (χ4v) is 1.38. The molecule has 1 rings (SSSR count). The maximum absolute atomic E-state index is 11.9. The molecule has 18 heavy (non-hydrogen) atoms. The third-order valence-electron chi connectivity index (χ3n) is 2.39. The molecule has 0 unspecified atom stereocenters. The van der Waals surface area contributed by atoms with Gasteiger partial charge in [-0.1, -0.05) is 0 Å². The zero-order valence-corrected chi connectivity index (χ0v) is 10.2. The van der Waals surface area contributed by atoms with Gasteiger partial charge in [0.15, 0.2) is 0 Å². The zero-order chi connectivity index (χ0) is 13.7. The van der Waals surface area contributed by atoms with Crippen LogP contribution in [0.1, 0.15) is 10.5 Å². The SMILES string of the molecule is COc1cc(C(=O)N(C)CCO)ncc1B(O)O. The van der Waals surface area contributed by atoms with Gasteiger partial charge < -0.3 is 24.8 Å². The van der Waals surface area contributed by atoms with E-state index in [4.69, 9.17) is 19.9 Å². The molecule has 1 heterocycles. The number of carbonyl (C=O) groups is 1. The lowest BCUT2D eigenvalue weighted by Gasteiger charge is -2.16. The number of methoxy groups -OCH3 is 1. The predicted molar refractivity (Wildman–Crippen MR) is 64.7 cm³/mol. The summed E-state index contributed by atoms with van der Waals surface area (Å²) in [7, 11) is 1.17. The van der Waals surface area contributed by atoms with Crippen LogP contribution in [-0.4, -0.2) is 65.4 Å². The lowest BCUT2D eigenvalue weighted by molar-refractivity contribution is 0.0761. The number of aromatic nitrogens is 1. The second kappa shape index (κ2) is 6.34. The van der Waals surface area contributed by atoms with Crippen molar-refractivity contribution in [1.29, 1.82) is 0 Å². The molecule has 3 N–H and O–H groups in total. The van der Waals surface area contributed by atoms with Crippen molar-refractivity contribution in [2.45, 2.75) is 0 Å². The Hall–Kier alpha value is -1.64. The van der Waals surface area contributed by atoms with Gasteiger partial charge in [0, 0.05) is 31.3 Å². The van der Waals surface area contributed by atoms with Gasteiger partial charge in [-0.05, 0) is 0 Å². The molecule has 0 fully saturated rings. The van der Waals surface area contributed by atoms with Gasteiger partial charge in [0.1, 0.15) is 11.4 Å². The van der Waals surface area contributed by atoms with Gasteiger partial charge in [0.05, 0.1) is 13.7 Å². The van der Waals surface area contributed by atoms with Crippen molar-refractivity contribution < 1.29 is 24.7 Å². The highest BCUT2D eigenvalue weighted by atomic mass is 16.5. The number of aliphatic hydroxyl groups excluding tert-OH is 1. The Balaban J connectivity index is 3.01. The summed E-state index contributed by atoms with van der Waals surface area (Å²) in [6, 6.07) is 1.32. The molecule has 7 nitrogen and oxygen atoms in total. The van der Waals surface area contributed by atoms with E-state index < -0.39 is 7.12 Å². The van der Waals surface area contributed by atoms with E-state index in [1.807, 2.05) is 0 Å². The van der Waals surface area contributed by atoms with Crippen LogP contribution in [-0.2, 0) is 0 Å². The Kier molecular flexibility index (Phi) is 5.08. The first-order valence-corrected chi connectivity index (χ1v) is 5.27. The number of ether oxygens (including phenoxy) is 1. The van der Waals surface area contributed by atoms with Crippen molar-refractivity contribution in [1.82, 2.24) is 9.88 Å². The topological polar surface area (TPSA) is 103 Å². The summed E-state index contributed by atoms with van der Waals surface area (Å²) in [6.07, 6.45) is 1.17. The summed E-state index contributed by atoms with van der Waals surface area (Å²) in [5.41, 5.74) is 0.186. The lowest BCUT2D eigenvalue weighted by Crippen LogP contribution is -2.34. The molecule has 0 spiro atoms. The lowest BCUT2D eigenvalue weighted by atomic mass is 9.80. The first kappa shape index (κ1) is 14.4. The molecule has 0 aliphatic rings. The second-order valence-corrected chi connectivity index (χ2v) is 3.64. The summed E-state index contributed by atoms with van der Waals surface area (Å²) in [5, 5.41) is 26.9. The number of hydrogen-bond acceptors (Lipinski definition) is 6. The van der Waals surface area contributed by atoms with Crippen LogP contribution in [0.4, 0.5) is 0 Å². The van der Waals surface area contributed by atoms with E-state index in [9.17, 15) is 4.79 Å². The highest BCUT2D eigenvalue weighted by Crippen LogP contribution is 2.10. The summed E-state index contributed by atoms with van der Waals surface area (Å²) in [5.74, 6) is -0.220. The third-order valence-corrected chi connectivity index (χ3v) is 2.39. The van der Waals surface area contributed by atoms with Crippen molar-refractivity contribution in [3.05, 3.63) is 18.0 Å². The number of likely N-dealkylation sites (N-methyl/N-ethyl adjacent to an activating group) is 1. The molecule has 0 bridgehead atoms. The number of pyridine rings is 1. The molecule has 1 aromatic rings. The van der Waals surface area contributed by atoms with Crippen LogP contribution in [0.3, 0.4) is 0 Å². The summed E-state index contributed by atoms with van der Waals surface area (Å²) < 4.78 is 4.96. The van der Waals surface area contributed by atoms with E-state index in [2.05, 4.69) is 4.98 Å². The minimum absolute atomic E-state index is 0.0823. The Morgan fingerprint density at radius 3 is 2.72 bits per heavy atom. The molecule has 0 aliphatic carbocycles. The van der Waals surface area contributed by atoms with Gasteiger partial charge >= 0.3 is 7.12 Å². The van der Waals surface area contributed by atoms with E-state index >= 15 is 0 Å². The molecule has 98 valence electrons. The molecule has 0 radical (unpaired) electrons. The molecule has 8 heteroatoms. The number of aliphatic hydroxyl groups is 1. The van der Waals surface area contributed by atoms with Gasteiger partial charge in [-0.3, -0.25) is 9.78 Å². The average molecular weight is 254 g/mol. The van der Waals surface area contributed by atoms with Crippen molar-refractivity contribution in [3.63, 3.8) is 0 Å².